The van der Waals surface area contributed by atoms with Crippen molar-refractivity contribution in [2.75, 3.05) is 5.32 Å². The minimum atomic E-state index is -3.81. The maximum Gasteiger partial charge on any atom is 0.274 e. The van der Waals surface area contributed by atoms with Crippen molar-refractivity contribution in [2.24, 2.45) is 0 Å². The summed E-state index contributed by atoms with van der Waals surface area (Å²) in [6, 6.07) is 7.61. The molecule has 0 aliphatic heterocycles. The van der Waals surface area contributed by atoms with Crippen LogP contribution in [0.1, 0.15) is 16.1 Å². The molecule has 5 nitrogen and oxygen atoms in total. The van der Waals surface area contributed by atoms with Crippen molar-refractivity contribution >= 4 is 47.3 Å². The van der Waals surface area contributed by atoms with Crippen LogP contribution in [-0.4, -0.2) is 19.3 Å². The average molecular weight is 390 g/mol. The Balaban J connectivity index is 2.29. The summed E-state index contributed by atoms with van der Waals surface area (Å²) in [5.74, 6) is -0.379. The highest BCUT2D eigenvalue weighted by Crippen LogP contribution is 2.27. The van der Waals surface area contributed by atoms with E-state index < -0.39 is 9.05 Å². The summed E-state index contributed by atoms with van der Waals surface area (Å²) in [6.07, 6.45) is 1.53. The molecule has 1 aromatic heterocycles. The smallest absolute Gasteiger partial charge is 0.274 e. The van der Waals surface area contributed by atoms with Crippen molar-refractivity contribution in [3.8, 4) is 0 Å². The van der Waals surface area contributed by atoms with Crippen LogP contribution < -0.4 is 5.32 Å². The molecule has 0 aliphatic carbocycles. The lowest BCUT2D eigenvalue weighted by atomic mass is 10.2. The van der Waals surface area contributed by atoms with E-state index >= 15 is 0 Å². The molecule has 1 heterocycles. The Hall–Kier alpha value is -1.44. The molecule has 0 aliphatic rings. The van der Waals surface area contributed by atoms with Gasteiger partial charge in [0, 0.05) is 21.4 Å². The van der Waals surface area contributed by atoms with E-state index in [1.54, 1.807) is 19.1 Å². The number of nitrogens with zero attached hydrogens (tertiary/aromatic N) is 1. The van der Waals surface area contributed by atoms with E-state index in [0.717, 1.165) is 5.56 Å². The van der Waals surface area contributed by atoms with Gasteiger partial charge in [0.1, 0.15) is 5.69 Å². The quantitative estimate of drug-likeness (QED) is 0.817. The first-order valence-corrected chi connectivity index (χ1v) is 8.86. The van der Waals surface area contributed by atoms with Gasteiger partial charge < -0.3 is 5.32 Å². The molecule has 0 radical (unpaired) electrons. The van der Waals surface area contributed by atoms with Gasteiger partial charge in [-0.15, -0.1) is 0 Å². The zero-order valence-electron chi connectivity index (χ0n) is 10.8. The molecule has 0 fully saturated rings. The predicted octanol–water partition coefficient (Wildman–Crippen LogP) is 3.33. The summed E-state index contributed by atoms with van der Waals surface area (Å²) < 4.78 is 22.9. The standard InChI is InChI=1S/C13H10BrClN2O3S/c1-8-3-2-6-16-12(8)13(18)17-11-5-4-9(7-10(11)14)21(15,19)20/h2-7H,1H3,(H,17,18). The number of carbonyl (C=O) groups excluding carboxylic acids is 1. The summed E-state index contributed by atoms with van der Waals surface area (Å²) in [6.45, 7) is 1.78. The van der Waals surface area contributed by atoms with Crippen molar-refractivity contribution in [2.45, 2.75) is 11.8 Å². The van der Waals surface area contributed by atoms with E-state index in [2.05, 4.69) is 26.2 Å². The van der Waals surface area contributed by atoms with Crippen LogP contribution in [0.5, 0.6) is 0 Å². The molecule has 8 heteroatoms. The molecule has 0 unspecified atom stereocenters. The van der Waals surface area contributed by atoms with Crippen LogP contribution in [-0.2, 0) is 9.05 Å². The second-order valence-corrected chi connectivity index (χ2v) is 7.62. The second-order valence-electron chi connectivity index (χ2n) is 4.20. The molecule has 0 saturated carbocycles. The summed E-state index contributed by atoms with van der Waals surface area (Å²) in [5, 5.41) is 2.66. The molecule has 0 spiro atoms. The lowest BCUT2D eigenvalue weighted by Gasteiger charge is -2.09. The van der Waals surface area contributed by atoms with Gasteiger partial charge in [-0.2, -0.15) is 0 Å². The van der Waals surface area contributed by atoms with Crippen molar-refractivity contribution < 1.29 is 13.2 Å². The first-order chi connectivity index (χ1) is 9.79. The SMILES string of the molecule is Cc1cccnc1C(=O)Nc1ccc(S(=O)(=O)Cl)cc1Br. The number of anilines is 1. The summed E-state index contributed by atoms with van der Waals surface area (Å²) >= 11 is 3.20. The van der Waals surface area contributed by atoms with Crippen LogP contribution >= 0.6 is 26.6 Å². The Labute approximate surface area is 134 Å². The van der Waals surface area contributed by atoms with Crippen molar-refractivity contribution in [3.63, 3.8) is 0 Å². The van der Waals surface area contributed by atoms with Gasteiger partial charge in [0.25, 0.3) is 15.0 Å². The van der Waals surface area contributed by atoms with Crippen LogP contribution in [0.15, 0.2) is 45.9 Å². The van der Waals surface area contributed by atoms with Crippen LogP contribution in [0.4, 0.5) is 5.69 Å². The number of benzene rings is 1. The minimum absolute atomic E-state index is 0.0527. The van der Waals surface area contributed by atoms with E-state index in [1.165, 1.54) is 24.4 Å². The van der Waals surface area contributed by atoms with Gasteiger partial charge >= 0.3 is 0 Å². The number of amides is 1. The number of nitrogens with one attached hydrogen (secondary N) is 1. The number of carbonyl (C=O) groups is 1. The van der Waals surface area contributed by atoms with E-state index in [1.807, 2.05) is 0 Å². The predicted molar refractivity (Wildman–Crippen MR) is 84.1 cm³/mol. The van der Waals surface area contributed by atoms with Gasteiger partial charge in [-0.1, -0.05) is 6.07 Å². The van der Waals surface area contributed by atoms with Crippen LogP contribution in [0.3, 0.4) is 0 Å². The van der Waals surface area contributed by atoms with E-state index in [-0.39, 0.29) is 10.8 Å². The molecule has 0 atom stereocenters. The molecule has 0 bridgehead atoms. The fourth-order valence-corrected chi connectivity index (χ4v) is 3.06. The number of aromatic nitrogens is 1. The molecule has 1 amide bonds. The molecule has 2 aromatic rings. The highest BCUT2D eigenvalue weighted by Gasteiger charge is 2.15. The lowest BCUT2D eigenvalue weighted by molar-refractivity contribution is 0.102. The topological polar surface area (TPSA) is 76.1 Å². The summed E-state index contributed by atoms with van der Waals surface area (Å²) in [7, 11) is 1.45. The van der Waals surface area contributed by atoms with Crippen LogP contribution in [0, 0.1) is 6.92 Å². The number of rotatable bonds is 3. The molecular weight excluding hydrogens is 380 g/mol. The maximum atomic E-state index is 12.1. The highest BCUT2D eigenvalue weighted by atomic mass is 79.9. The Morgan fingerprint density at radius 3 is 2.62 bits per heavy atom. The van der Waals surface area contributed by atoms with E-state index in [0.29, 0.717) is 15.9 Å². The van der Waals surface area contributed by atoms with E-state index in [9.17, 15) is 13.2 Å². The van der Waals surface area contributed by atoms with Gasteiger partial charge in [0.05, 0.1) is 10.6 Å². The zero-order chi connectivity index (χ0) is 15.6. The van der Waals surface area contributed by atoms with Crippen molar-refractivity contribution in [3.05, 3.63) is 52.3 Å². The number of hydrogen-bond acceptors (Lipinski definition) is 4. The fraction of sp³-hybridized carbons (Fsp3) is 0.0769. The van der Waals surface area contributed by atoms with Gasteiger partial charge in [-0.25, -0.2) is 8.42 Å². The van der Waals surface area contributed by atoms with E-state index in [4.69, 9.17) is 10.7 Å². The number of aryl methyl sites for hydroxylation is 1. The Morgan fingerprint density at radius 2 is 2.05 bits per heavy atom. The molecule has 1 aromatic carbocycles. The Kier molecular flexibility index (Phi) is 4.65. The second kappa shape index (κ2) is 6.13. The number of hydrogen-bond donors (Lipinski definition) is 1. The van der Waals surface area contributed by atoms with Gasteiger partial charge in [0.15, 0.2) is 0 Å². The van der Waals surface area contributed by atoms with Crippen molar-refractivity contribution in [1.82, 2.24) is 4.98 Å². The largest absolute Gasteiger partial charge is 0.320 e. The number of pyridine rings is 1. The summed E-state index contributed by atoms with van der Waals surface area (Å²) in [5.41, 5.74) is 1.47. The minimum Gasteiger partial charge on any atom is -0.320 e. The number of halogens is 2. The molecule has 2 rings (SSSR count). The maximum absolute atomic E-state index is 12.1. The molecule has 21 heavy (non-hydrogen) atoms. The Morgan fingerprint density at radius 1 is 1.33 bits per heavy atom. The third-order valence-corrected chi connectivity index (χ3v) is 4.70. The van der Waals surface area contributed by atoms with Gasteiger partial charge in [-0.3, -0.25) is 9.78 Å². The lowest BCUT2D eigenvalue weighted by Crippen LogP contribution is -2.15. The third kappa shape index (κ3) is 3.81. The highest BCUT2D eigenvalue weighted by molar-refractivity contribution is 9.10. The molecular formula is C13H10BrClN2O3S. The first-order valence-electron chi connectivity index (χ1n) is 5.76. The van der Waals surface area contributed by atoms with Gasteiger partial charge in [-0.05, 0) is 52.7 Å². The monoisotopic (exact) mass is 388 g/mol. The summed E-state index contributed by atoms with van der Waals surface area (Å²) in [4.78, 5) is 16.1. The third-order valence-electron chi connectivity index (χ3n) is 2.69. The first kappa shape index (κ1) is 15.9. The molecule has 1 N–H and O–H groups in total. The van der Waals surface area contributed by atoms with Gasteiger partial charge in [0.2, 0.25) is 0 Å². The normalized spacial score (nSPS) is 11.2. The zero-order valence-corrected chi connectivity index (χ0v) is 14.0. The molecule has 110 valence electrons. The van der Waals surface area contributed by atoms with Crippen LogP contribution in [0.25, 0.3) is 0 Å². The average Bonchev–Trinajstić information content (AvgIpc) is 2.40. The molecule has 0 saturated heterocycles. The van der Waals surface area contributed by atoms with Crippen LogP contribution in [0.2, 0.25) is 0 Å². The van der Waals surface area contributed by atoms with Crippen molar-refractivity contribution in [1.29, 1.82) is 0 Å². The Bertz CT molecular complexity index is 809. The fourth-order valence-electron chi connectivity index (χ4n) is 1.65.